The zero-order valence-electron chi connectivity index (χ0n) is 14.1. The highest BCUT2D eigenvalue weighted by Gasteiger charge is 2.38. The van der Waals surface area contributed by atoms with Crippen molar-refractivity contribution in [1.29, 1.82) is 0 Å². The summed E-state index contributed by atoms with van der Waals surface area (Å²) >= 11 is 0. The van der Waals surface area contributed by atoms with E-state index >= 15 is 0 Å². The molecule has 0 aliphatic carbocycles. The van der Waals surface area contributed by atoms with Gasteiger partial charge in [-0.3, -0.25) is 4.79 Å². The number of likely N-dealkylation sites (tertiary alicyclic amines) is 1. The zero-order valence-corrected chi connectivity index (χ0v) is 14.1. The van der Waals surface area contributed by atoms with Crippen molar-refractivity contribution < 1.29 is 9.53 Å². The van der Waals surface area contributed by atoms with E-state index in [0.717, 1.165) is 17.8 Å². The highest BCUT2D eigenvalue weighted by molar-refractivity contribution is 5.94. The van der Waals surface area contributed by atoms with E-state index in [4.69, 9.17) is 4.74 Å². The number of nitrogens with zero attached hydrogens (tertiary/aromatic N) is 6. The van der Waals surface area contributed by atoms with Crippen LogP contribution in [0.5, 0.6) is 0 Å². The molecule has 0 N–H and O–H groups in total. The summed E-state index contributed by atoms with van der Waals surface area (Å²) in [6.07, 6.45) is 7.97. The first-order valence-corrected chi connectivity index (χ1v) is 8.68. The lowest BCUT2D eigenvalue weighted by atomic mass is 9.99. The third-order valence-corrected chi connectivity index (χ3v) is 5.13. The van der Waals surface area contributed by atoms with Crippen molar-refractivity contribution in [3.8, 4) is 5.69 Å². The van der Waals surface area contributed by atoms with E-state index < -0.39 is 0 Å². The summed E-state index contributed by atoms with van der Waals surface area (Å²) in [6, 6.07) is 7.62. The molecule has 2 aliphatic heterocycles. The topological polar surface area (TPSA) is 78.1 Å². The van der Waals surface area contributed by atoms with Gasteiger partial charge in [-0.25, -0.2) is 9.67 Å². The molecule has 0 spiro atoms. The highest BCUT2D eigenvalue weighted by atomic mass is 16.5. The van der Waals surface area contributed by atoms with Gasteiger partial charge in [-0.2, -0.15) is 0 Å². The summed E-state index contributed by atoms with van der Waals surface area (Å²) in [4.78, 5) is 18.9. The van der Waals surface area contributed by atoms with Crippen LogP contribution in [0.2, 0.25) is 0 Å². The van der Waals surface area contributed by atoms with Gasteiger partial charge in [0.25, 0.3) is 5.91 Å². The monoisotopic (exact) mass is 350 g/mol. The predicted octanol–water partition coefficient (Wildman–Crippen LogP) is 1.45. The number of ether oxygens (including phenoxy) is 1. The minimum absolute atomic E-state index is 0.0316. The Kier molecular flexibility index (Phi) is 3.56. The van der Waals surface area contributed by atoms with E-state index in [1.807, 2.05) is 44.6 Å². The molecular formula is C18H18N6O2. The Morgan fingerprint density at radius 2 is 2.12 bits per heavy atom. The number of rotatable bonds is 2. The lowest BCUT2D eigenvalue weighted by Gasteiger charge is -2.41. The molecule has 1 aromatic carbocycles. The van der Waals surface area contributed by atoms with E-state index in [9.17, 15) is 4.79 Å². The highest BCUT2D eigenvalue weighted by Crippen LogP contribution is 2.30. The van der Waals surface area contributed by atoms with Crippen LogP contribution in [0.25, 0.3) is 5.69 Å². The van der Waals surface area contributed by atoms with Gasteiger partial charge in [0.15, 0.2) is 0 Å². The van der Waals surface area contributed by atoms with Gasteiger partial charge in [-0.1, -0.05) is 5.21 Å². The normalized spacial score (nSPS) is 21.9. The van der Waals surface area contributed by atoms with Crippen LogP contribution in [0.15, 0.2) is 49.2 Å². The molecule has 0 unspecified atom stereocenters. The van der Waals surface area contributed by atoms with E-state index in [0.29, 0.717) is 25.3 Å². The number of amides is 1. The smallest absolute Gasteiger partial charge is 0.253 e. The van der Waals surface area contributed by atoms with Crippen molar-refractivity contribution in [3.63, 3.8) is 0 Å². The maximum absolute atomic E-state index is 12.9. The molecule has 8 nitrogen and oxygen atoms in total. The number of imidazole rings is 1. The van der Waals surface area contributed by atoms with Crippen LogP contribution in [0.4, 0.5) is 0 Å². The predicted molar refractivity (Wildman–Crippen MR) is 91.7 cm³/mol. The van der Waals surface area contributed by atoms with Crippen LogP contribution < -0.4 is 0 Å². The van der Waals surface area contributed by atoms with Crippen molar-refractivity contribution in [2.24, 2.45) is 0 Å². The minimum atomic E-state index is 0.0316. The molecule has 1 fully saturated rings. The van der Waals surface area contributed by atoms with Gasteiger partial charge in [0.2, 0.25) is 0 Å². The number of hydrogen-bond acceptors (Lipinski definition) is 5. The minimum Gasteiger partial charge on any atom is -0.370 e. The average molecular weight is 350 g/mol. The number of carbonyl (C=O) groups is 1. The molecule has 2 aliphatic rings. The molecule has 8 heteroatoms. The van der Waals surface area contributed by atoms with E-state index in [-0.39, 0.29) is 18.1 Å². The third-order valence-electron chi connectivity index (χ3n) is 5.13. The summed E-state index contributed by atoms with van der Waals surface area (Å²) < 4.78 is 9.73. The molecule has 1 saturated heterocycles. The molecule has 2 aromatic heterocycles. The lowest BCUT2D eigenvalue weighted by molar-refractivity contribution is -0.0605. The molecular weight excluding hydrogens is 332 g/mol. The summed E-state index contributed by atoms with van der Waals surface area (Å²) in [6.45, 7) is 1.81. The Labute approximate surface area is 150 Å². The molecule has 132 valence electrons. The van der Waals surface area contributed by atoms with Gasteiger partial charge in [0, 0.05) is 36.7 Å². The number of aromatic nitrogens is 5. The Morgan fingerprint density at radius 3 is 2.92 bits per heavy atom. The fraction of sp³-hybridized carbons (Fsp3) is 0.333. The molecule has 4 heterocycles. The van der Waals surface area contributed by atoms with Crippen LogP contribution >= 0.6 is 0 Å². The maximum atomic E-state index is 12.9. The number of hydrogen-bond donors (Lipinski definition) is 0. The summed E-state index contributed by atoms with van der Waals surface area (Å²) in [7, 11) is 0. The fourth-order valence-corrected chi connectivity index (χ4v) is 3.73. The summed E-state index contributed by atoms with van der Waals surface area (Å²) in [5, 5.41) is 8.17. The van der Waals surface area contributed by atoms with Crippen LogP contribution in [0, 0.1) is 0 Å². The maximum Gasteiger partial charge on any atom is 0.253 e. The molecule has 3 aromatic rings. The van der Waals surface area contributed by atoms with Crippen molar-refractivity contribution >= 4 is 5.91 Å². The number of fused-ring (bicyclic) bond motifs is 3. The van der Waals surface area contributed by atoms with Crippen molar-refractivity contribution in [1.82, 2.24) is 29.4 Å². The zero-order chi connectivity index (χ0) is 17.5. The quantitative estimate of drug-likeness (QED) is 0.699. The van der Waals surface area contributed by atoms with Crippen molar-refractivity contribution in [3.05, 3.63) is 60.4 Å². The van der Waals surface area contributed by atoms with Crippen molar-refractivity contribution in [2.75, 3.05) is 13.1 Å². The van der Waals surface area contributed by atoms with E-state index in [2.05, 4.69) is 15.3 Å². The first-order chi connectivity index (χ1) is 12.8. The Bertz CT molecular complexity index is 918. The second-order valence-corrected chi connectivity index (χ2v) is 6.64. The average Bonchev–Trinajstić information content (AvgIpc) is 3.39. The first kappa shape index (κ1) is 15.3. The summed E-state index contributed by atoms with van der Waals surface area (Å²) in [5.74, 6) is 0.0351. The van der Waals surface area contributed by atoms with Gasteiger partial charge in [-0.15, -0.1) is 5.10 Å². The Balaban J connectivity index is 1.35. The molecule has 26 heavy (non-hydrogen) atoms. The van der Waals surface area contributed by atoms with Gasteiger partial charge in [0.1, 0.15) is 0 Å². The number of piperidine rings is 1. The SMILES string of the molecule is O=C(c1ccc(-n2ccnc2)cc1)N1CC[C@@H]2OCc3cnnn3[C@H]2C1. The van der Waals surface area contributed by atoms with Crippen LogP contribution in [-0.2, 0) is 11.3 Å². The van der Waals surface area contributed by atoms with Crippen molar-refractivity contribution in [2.45, 2.75) is 25.2 Å². The second kappa shape index (κ2) is 6.06. The van der Waals surface area contributed by atoms with Gasteiger partial charge in [-0.05, 0) is 30.7 Å². The largest absolute Gasteiger partial charge is 0.370 e. The van der Waals surface area contributed by atoms with Gasteiger partial charge < -0.3 is 14.2 Å². The standard InChI is InChI=1S/C18H18N6O2/c25-18(13-1-3-14(4-2-13)23-8-6-19-12-23)22-7-5-17-16(10-22)24-15(11-26-17)9-20-21-24/h1-4,6,8-9,12,16-17H,5,7,10-11H2/t16-,17-/m0/s1. The molecule has 0 radical (unpaired) electrons. The Hall–Kier alpha value is -3.00. The van der Waals surface area contributed by atoms with Gasteiger partial charge >= 0.3 is 0 Å². The van der Waals surface area contributed by atoms with Crippen LogP contribution in [0.1, 0.15) is 28.5 Å². The third kappa shape index (κ3) is 2.50. The Morgan fingerprint density at radius 1 is 1.23 bits per heavy atom. The van der Waals surface area contributed by atoms with Crippen LogP contribution in [0.3, 0.4) is 0 Å². The van der Waals surface area contributed by atoms with Gasteiger partial charge in [0.05, 0.1) is 37.0 Å². The number of benzene rings is 1. The first-order valence-electron chi connectivity index (χ1n) is 8.68. The number of carbonyl (C=O) groups excluding carboxylic acids is 1. The molecule has 1 amide bonds. The molecule has 5 rings (SSSR count). The molecule has 0 bridgehead atoms. The van der Waals surface area contributed by atoms with E-state index in [1.165, 1.54) is 0 Å². The van der Waals surface area contributed by atoms with Crippen LogP contribution in [-0.4, -0.2) is 54.5 Å². The summed E-state index contributed by atoms with van der Waals surface area (Å²) in [5.41, 5.74) is 2.62. The fourth-order valence-electron chi connectivity index (χ4n) is 3.73. The lowest BCUT2D eigenvalue weighted by Crippen LogP contribution is -2.49. The molecule has 2 atom stereocenters. The second-order valence-electron chi connectivity index (χ2n) is 6.64. The molecule has 0 saturated carbocycles. The van der Waals surface area contributed by atoms with E-state index in [1.54, 1.807) is 18.7 Å².